The molecular formula is C12H23NO2. The highest BCUT2D eigenvalue weighted by molar-refractivity contribution is 5.66. The van der Waals surface area contributed by atoms with Crippen LogP contribution in [0.5, 0.6) is 0 Å². The Morgan fingerprint density at radius 2 is 2.00 bits per heavy atom. The molecule has 0 saturated carbocycles. The van der Waals surface area contributed by atoms with Gasteiger partial charge in [-0.15, -0.1) is 0 Å². The van der Waals surface area contributed by atoms with E-state index >= 15 is 0 Å². The first-order valence-electron chi connectivity index (χ1n) is 6.16. The zero-order chi connectivity index (χ0) is 11.1. The molecule has 1 saturated heterocycles. The van der Waals surface area contributed by atoms with Gasteiger partial charge < -0.3 is 10.0 Å². The molecule has 1 atom stereocenters. The van der Waals surface area contributed by atoms with Crippen LogP contribution >= 0.6 is 0 Å². The lowest BCUT2D eigenvalue weighted by atomic mass is 9.96. The molecule has 15 heavy (non-hydrogen) atoms. The van der Waals surface area contributed by atoms with Crippen molar-refractivity contribution in [2.24, 2.45) is 5.92 Å². The van der Waals surface area contributed by atoms with Crippen molar-refractivity contribution in [3.8, 4) is 0 Å². The van der Waals surface area contributed by atoms with E-state index in [2.05, 4.69) is 11.8 Å². The van der Waals surface area contributed by atoms with Crippen LogP contribution in [0.4, 0.5) is 0 Å². The highest BCUT2D eigenvalue weighted by Gasteiger charge is 2.14. The maximum absolute atomic E-state index is 10.5. The van der Waals surface area contributed by atoms with Crippen molar-refractivity contribution in [1.82, 2.24) is 4.90 Å². The molecule has 1 heterocycles. The summed E-state index contributed by atoms with van der Waals surface area (Å²) in [7, 11) is 0. The fourth-order valence-electron chi connectivity index (χ4n) is 2.25. The molecule has 0 aromatic heterocycles. The van der Waals surface area contributed by atoms with Gasteiger partial charge in [0, 0.05) is 6.42 Å². The molecule has 1 aliphatic rings. The van der Waals surface area contributed by atoms with E-state index in [0.29, 0.717) is 12.3 Å². The Hall–Kier alpha value is -0.570. The van der Waals surface area contributed by atoms with E-state index in [9.17, 15) is 4.79 Å². The van der Waals surface area contributed by atoms with Crippen molar-refractivity contribution < 1.29 is 9.90 Å². The predicted molar refractivity (Wildman–Crippen MR) is 60.9 cm³/mol. The van der Waals surface area contributed by atoms with Crippen LogP contribution < -0.4 is 0 Å². The quantitative estimate of drug-likeness (QED) is 0.705. The third kappa shape index (κ3) is 5.17. The second-order valence-electron chi connectivity index (χ2n) is 4.54. The normalized spacial score (nSPS) is 19.3. The zero-order valence-corrected chi connectivity index (χ0v) is 9.74. The van der Waals surface area contributed by atoms with E-state index in [1.807, 2.05) is 0 Å². The second-order valence-corrected chi connectivity index (χ2v) is 4.54. The molecule has 0 aliphatic carbocycles. The molecule has 0 spiro atoms. The lowest BCUT2D eigenvalue weighted by molar-refractivity contribution is -0.137. The summed E-state index contributed by atoms with van der Waals surface area (Å²) in [5.41, 5.74) is 0. The van der Waals surface area contributed by atoms with Gasteiger partial charge in [-0.1, -0.05) is 13.3 Å². The number of aliphatic carboxylic acids is 1. The Bertz CT molecular complexity index is 188. The van der Waals surface area contributed by atoms with Crippen LogP contribution in [0.15, 0.2) is 0 Å². The Kier molecular flexibility index (Phi) is 5.69. The van der Waals surface area contributed by atoms with Gasteiger partial charge in [-0.2, -0.15) is 0 Å². The van der Waals surface area contributed by atoms with Gasteiger partial charge in [0.05, 0.1) is 0 Å². The summed E-state index contributed by atoms with van der Waals surface area (Å²) in [5, 5.41) is 8.63. The highest BCUT2D eigenvalue weighted by atomic mass is 16.4. The van der Waals surface area contributed by atoms with E-state index in [4.69, 9.17) is 5.11 Å². The van der Waals surface area contributed by atoms with Gasteiger partial charge >= 0.3 is 5.97 Å². The number of carboxylic acids is 1. The molecule has 0 aromatic carbocycles. The first-order valence-corrected chi connectivity index (χ1v) is 6.16. The number of carbonyl (C=O) groups is 1. The summed E-state index contributed by atoms with van der Waals surface area (Å²) >= 11 is 0. The number of likely N-dealkylation sites (tertiary alicyclic amines) is 1. The number of carboxylic acid groups (broad SMARTS) is 1. The SMILES string of the molecule is CCC(CCC(=O)O)CCN1CCCC1. The van der Waals surface area contributed by atoms with Crippen molar-refractivity contribution in [2.45, 2.75) is 45.4 Å². The van der Waals surface area contributed by atoms with Crippen LogP contribution in [0.2, 0.25) is 0 Å². The molecule has 0 amide bonds. The number of rotatable bonds is 7. The minimum Gasteiger partial charge on any atom is -0.481 e. The minimum absolute atomic E-state index is 0.332. The Morgan fingerprint density at radius 3 is 2.53 bits per heavy atom. The van der Waals surface area contributed by atoms with Crippen molar-refractivity contribution in [2.75, 3.05) is 19.6 Å². The van der Waals surface area contributed by atoms with Crippen LogP contribution in [0, 0.1) is 5.92 Å². The molecule has 1 fully saturated rings. The van der Waals surface area contributed by atoms with Crippen molar-refractivity contribution in [1.29, 1.82) is 0 Å². The molecule has 3 nitrogen and oxygen atoms in total. The van der Waals surface area contributed by atoms with Gasteiger partial charge in [0.2, 0.25) is 0 Å². The highest BCUT2D eigenvalue weighted by Crippen LogP contribution is 2.17. The fraction of sp³-hybridized carbons (Fsp3) is 0.917. The van der Waals surface area contributed by atoms with Gasteiger partial charge in [0.1, 0.15) is 0 Å². The first-order chi connectivity index (χ1) is 7.22. The molecular weight excluding hydrogens is 190 g/mol. The fourth-order valence-corrected chi connectivity index (χ4v) is 2.25. The Morgan fingerprint density at radius 1 is 1.33 bits per heavy atom. The van der Waals surface area contributed by atoms with E-state index in [-0.39, 0.29) is 0 Å². The molecule has 88 valence electrons. The lowest BCUT2D eigenvalue weighted by Crippen LogP contribution is -2.22. The standard InChI is InChI=1S/C12H23NO2/c1-2-11(5-6-12(14)15)7-10-13-8-3-4-9-13/h11H,2-10H2,1H3,(H,14,15). The molecule has 0 aromatic rings. The maximum Gasteiger partial charge on any atom is 0.303 e. The Labute approximate surface area is 92.5 Å². The van der Waals surface area contributed by atoms with E-state index in [0.717, 1.165) is 19.4 Å². The van der Waals surface area contributed by atoms with Crippen LogP contribution in [0.25, 0.3) is 0 Å². The molecule has 3 heteroatoms. The second kappa shape index (κ2) is 6.83. The van der Waals surface area contributed by atoms with Crippen LogP contribution in [-0.4, -0.2) is 35.6 Å². The molecule has 1 rings (SSSR count). The first kappa shape index (κ1) is 12.5. The Balaban J connectivity index is 2.12. The van der Waals surface area contributed by atoms with Gasteiger partial charge in [-0.3, -0.25) is 4.79 Å². The molecule has 1 N–H and O–H groups in total. The summed E-state index contributed by atoms with van der Waals surface area (Å²) in [4.78, 5) is 13.0. The minimum atomic E-state index is -0.658. The third-order valence-electron chi connectivity index (χ3n) is 3.40. The van der Waals surface area contributed by atoms with Crippen molar-refractivity contribution >= 4 is 5.97 Å². The lowest BCUT2D eigenvalue weighted by Gasteiger charge is -2.19. The van der Waals surface area contributed by atoms with Gasteiger partial charge in [-0.25, -0.2) is 0 Å². The zero-order valence-electron chi connectivity index (χ0n) is 9.74. The van der Waals surface area contributed by atoms with Gasteiger partial charge in [-0.05, 0) is 51.2 Å². The molecule has 0 radical (unpaired) electrons. The molecule has 1 aliphatic heterocycles. The summed E-state index contributed by atoms with van der Waals surface area (Å²) in [5.74, 6) is -0.0590. The average Bonchev–Trinajstić information content (AvgIpc) is 2.70. The predicted octanol–water partition coefficient (Wildman–Crippen LogP) is 2.36. The maximum atomic E-state index is 10.5. The molecule has 1 unspecified atom stereocenters. The average molecular weight is 213 g/mol. The van der Waals surface area contributed by atoms with Crippen LogP contribution in [0.3, 0.4) is 0 Å². The van der Waals surface area contributed by atoms with Crippen LogP contribution in [-0.2, 0) is 4.79 Å². The van der Waals surface area contributed by atoms with Gasteiger partial charge in [0.15, 0.2) is 0 Å². The summed E-state index contributed by atoms with van der Waals surface area (Å²) in [6, 6.07) is 0. The molecule has 0 bridgehead atoms. The number of hydrogen-bond donors (Lipinski definition) is 1. The summed E-state index contributed by atoms with van der Waals surface area (Å²) < 4.78 is 0. The summed E-state index contributed by atoms with van der Waals surface area (Å²) in [6.45, 7) is 5.82. The van der Waals surface area contributed by atoms with E-state index in [1.54, 1.807) is 0 Å². The van der Waals surface area contributed by atoms with Crippen molar-refractivity contribution in [3.63, 3.8) is 0 Å². The van der Waals surface area contributed by atoms with Crippen molar-refractivity contribution in [3.05, 3.63) is 0 Å². The monoisotopic (exact) mass is 213 g/mol. The smallest absolute Gasteiger partial charge is 0.303 e. The topological polar surface area (TPSA) is 40.5 Å². The van der Waals surface area contributed by atoms with Crippen LogP contribution in [0.1, 0.15) is 45.4 Å². The third-order valence-corrected chi connectivity index (χ3v) is 3.40. The largest absolute Gasteiger partial charge is 0.481 e. The van der Waals surface area contributed by atoms with Gasteiger partial charge in [0.25, 0.3) is 0 Å². The number of nitrogens with zero attached hydrogens (tertiary/aromatic N) is 1. The van der Waals surface area contributed by atoms with E-state index < -0.39 is 5.97 Å². The summed E-state index contributed by atoms with van der Waals surface area (Å²) in [6.07, 6.45) is 6.14. The van der Waals surface area contributed by atoms with E-state index in [1.165, 1.54) is 32.4 Å². The number of hydrogen-bond acceptors (Lipinski definition) is 2.